The van der Waals surface area contributed by atoms with Gasteiger partial charge < -0.3 is 5.32 Å². The minimum absolute atomic E-state index is 0.107. The molecule has 0 saturated carbocycles. The maximum Gasteiger partial charge on any atom is 0.417 e. The number of hydrogen-bond donors (Lipinski definition) is 1. The summed E-state index contributed by atoms with van der Waals surface area (Å²) >= 11 is 0. The van der Waals surface area contributed by atoms with Gasteiger partial charge in [0.25, 0.3) is 5.56 Å². The van der Waals surface area contributed by atoms with E-state index in [0.29, 0.717) is 0 Å². The Kier molecular flexibility index (Phi) is 5.01. The molecule has 0 radical (unpaired) electrons. The largest absolute Gasteiger partial charge is 0.417 e. The molecule has 1 aromatic carbocycles. The average Bonchev–Trinajstić information content (AvgIpc) is 2.84. The van der Waals surface area contributed by atoms with Crippen LogP contribution in [0.15, 0.2) is 35.1 Å². The van der Waals surface area contributed by atoms with E-state index in [1.54, 1.807) is 0 Å². The molecule has 0 aliphatic rings. The number of aromatic nitrogens is 3. The van der Waals surface area contributed by atoms with Crippen molar-refractivity contribution in [2.75, 3.05) is 0 Å². The zero-order valence-electron chi connectivity index (χ0n) is 15.6. The molecule has 1 amide bonds. The van der Waals surface area contributed by atoms with Gasteiger partial charge in [0, 0.05) is 19.3 Å². The Morgan fingerprint density at radius 1 is 1.21 bits per heavy atom. The minimum Gasteiger partial charge on any atom is -0.350 e. The lowest BCUT2D eigenvalue weighted by Gasteiger charge is -2.10. The molecule has 0 fully saturated rings. The number of alkyl halides is 3. The smallest absolute Gasteiger partial charge is 0.350 e. The summed E-state index contributed by atoms with van der Waals surface area (Å²) in [5, 5.41) is 2.15. The Bertz CT molecular complexity index is 1110. The van der Waals surface area contributed by atoms with Gasteiger partial charge in [-0.1, -0.05) is 24.3 Å². The molecule has 0 aliphatic carbocycles. The van der Waals surface area contributed by atoms with Crippen LogP contribution in [0.5, 0.6) is 0 Å². The number of carbonyl (C=O) groups excluding carboxylic acids is 1. The van der Waals surface area contributed by atoms with Crippen LogP contribution < -0.4 is 10.9 Å². The van der Waals surface area contributed by atoms with Crippen LogP contribution in [0.4, 0.5) is 13.2 Å². The second kappa shape index (κ2) is 7.14. The van der Waals surface area contributed by atoms with E-state index >= 15 is 0 Å². The van der Waals surface area contributed by atoms with Crippen LogP contribution in [0.25, 0.3) is 11.0 Å². The highest BCUT2D eigenvalue weighted by Crippen LogP contribution is 2.33. The van der Waals surface area contributed by atoms with Crippen molar-refractivity contribution in [2.45, 2.75) is 33.1 Å². The van der Waals surface area contributed by atoms with E-state index in [0.717, 1.165) is 21.9 Å². The Balaban J connectivity index is 1.92. The van der Waals surface area contributed by atoms with Crippen molar-refractivity contribution in [2.24, 2.45) is 7.05 Å². The number of benzene rings is 1. The first kappa shape index (κ1) is 19.7. The second-order valence-electron chi connectivity index (χ2n) is 6.60. The summed E-state index contributed by atoms with van der Waals surface area (Å²) in [6.45, 7) is 3.18. The van der Waals surface area contributed by atoms with Crippen LogP contribution in [-0.4, -0.2) is 20.3 Å². The molecular formula is C19H19F3N4O2. The van der Waals surface area contributed by atoms with Gasteiger partial charge >= 0.3 is 6.18 Å². The van der Waals surface area contributed by atoms with E-state index in [9.17, 15) is 22.8 Å². The molecule has 6 nitrogen and oxygen atoms in total. The number of carbonyl (C=O) groups is 1. The third-order valence-corrected chi connectivity index (χ3v) is 4.58. The lowest BCUT2D eigenvalue weighted by Crippen LogP contribution is -2.33. The number of pyridine rings is 1. The molecule has 0 atom stereocenters. The number of hydrogen-bond acceptors (Lipinski definition) is 3. The zero-order chi connectivity index (χ0) is 20.6. The number of nitrogens with one attached hydrogen (secondary N) is 1. The summed E-state index contributed by atoms with van der Waals surface area (Å²) in [6.07, 6.45) is -4.70. The first-order valence-corrected chi connectivity index (χ1v) is 8.55. The van der Waals surface area contributed by atoms with Crippen molar-refractivity contribution in [3.8, 4) is 0 Å². The van der Waals surface area contributed by atoms with Crippen LogP contribution >= 0.6 is 0 Å². The molecule has 0 spiro atoms. The highest BCUT2D eigenvalue weighted by Gasteiger charge is 2.36. The van der Waals surface area contributed by atoms with E-state index in [2.05, 4.69) is 10.3 Å². The van der Waals surface area contributed by atoms with Crippen LogP contribution in [0.3, 0.4) is 0 Å². The SMILES string of the molecule is Cc1cc(C(F)(F)F)c2c(=O)n(CC(=O)NCc3ccccc3C)n(C)c2n1. The molecule has 0 aliphatic heterocycles. The molecule has 9 heteroatoms. The molecule has 28 heavy (non-hydrogen) atoms. The van der Waals surface area contributed by atoms with E-state index in [1.165, 1.54) is 18.7 Å². The fourth-order valence-electron chi connectivity index (χ4n) is 3.08. The van der Waals surface area contributed by atoms with Gasteiger partial charge in [0.05, 0.1) is 10.9 Å². The third kappa shape index (κ3) is 3.64. The quantitative estimate of drug-likeness (QED) is 0.742. The summed E-state index contributed by atoms with van der Waals surface area (Å²) < 4.78 is 42.2. The average molecular weight is 392 g/mol. The summed E-state index contributed by atoms with van der Waals surface area (Å²) in [5.74, 6) is -0.485. The second-order valence-corrected chi connectivity index (χ2v) is 6.60. The molecule has 0 bridgehead atoms. The molecule has 2 heterocycles. The van der Waals surface area contributed by atoms with E-state index in [4.69, 9.17) is 0 Å². The fraction of sp³-hybridized carbons (Fsp3) is 0.316. The monoisotopic (exact) mass is 392 g/mol. The van der Waals surface area contributed by atoms with Crippen LogP contribution in [0, 0.1) is 13.8 Å². The molecule has 1 N–H and O–H groups in total. The van der Waals surface area contributed by atoms with E-state index < -0.39 is 35.1 Å². The lowest BCUT2D eigenvalue weighted by atomic mass is 10.1. The van der Waals surface area contributed by atoms with Crippen molar-refractivity contribution >= 4 is 16.9 Å². The molecule has 3 aromatic rings. The van der Waals surface area contributed by atoms with Crippen molar-refractivity contribution in [1.82, 2.24) is 19.7 Å². The summed E-state index contributed by atoms with van der Waals surface area (Å²) in [5.41, 5.74) is -0.00500. The maximum atomic E-state index is 13.4. The van der Waals surface area contributed by atoms with Crippen LogP contribution in [-0.2, 0) is 31.1 Å². The standard InChI is InChI=1S/C19H19F3N4O2/c1-11-6-4-5-7-13(11)9-23-15(27)10-26-18(28)16-14(19(20,21)22)8-12(2)24-17(16)25(26)3/h4-8H,9-10H2,1-3H3,(H,23,27). The lowest BCUT2D eigenvalue weighted by molar-refractivity contribution is -0.136. The highest BCUT2D eigenvalue weighted by molar-refractivity contribution is 5.81. The van der Waals surface area contributed by atoms with Gasteiger partial charge in [0.1, 0.15) is 6.54 Å². The molecule has 2 aromatic heterocycles. The van der Waals surface area contributed by atoms with Crippen molar-refractivity contribution < 1.29 is 18.0 Å². The number of fused-ring (bicyclic) bond motifs is 1. The Morgan fingerprint density at radius 2 is 1.89 bits per heavy atom. The van der Waals surface area contributed by atoms with Gasteiger partial charge in [-0.05, 0) is 31.0 Å². The Morgan fingerprint density at radius 3 is 2.54 bits per heavy atom. The molecule has 148 valence electrons. The van der Waals surface area contributed by atoms with Gasteiger partial charge in [0.2, 0.25) is 5.91 Å². The third-order valence-electron chi connectivity index (χ3n) is 4.58. The number of aryl methyl sites for hydroxylation is 3. The maximum absolute atomic E-state index is 13.4. The summed E-state index contributed by atoms with van der Waals surface area (Å²) in [4.78, 5) is 29.0. The minimum atomic E-state index is -4.70. The van der Waals surface area contributed by atoms with Gasteiger partial charge in [-0.2, -0.15) is 13.2 Å². The summed E-state index contributed by atoms with van der Waals surface area (Å²) in [6, 6.07) is 8.33. The number of halogens is 3. The van der Waals surface area contributed by atoms with Gasteiger partial charge in [-0.15, -0.1) is 0 Å². The van der Waals surface area contributed by atoms with Gasteiger partial charge in [0.15, 0.2) is 5.65 Å². The normalized spacial score (nSPS) is 11.8. The van der Waals surface area contributed by atoms with Gasteiger partial charge in [-0.25, -0.2) is 9.67 Å². The van der Waals surface area contributed by atoms with Crippen LogP contribution in [0.1, 0.15) is 22.4 Å². The zero-order valence-corrected chi connectivity index (χ0v) is 15.6. The van der Waals surface area contributed by atoms with Crippen molar-refractivity contribution in [3.63, 3.8) is 0 Å². The molecular weight excluding hydrogens is 373 g/mol. The fourth-order valence-corrected chi connectivity index (χ4v) is 3.08. The Hall–Kier alpha value is -3.10. The molecule has 0 saturated heterocycles. The van der Waals surface area contributed by atoms with Crippen molar-refractivity contribution in [3.05, 3.63) is 63.1 Å². The van der Waals surface area contributed by atoms with Crippen molar-refractivity contribution in [1.29, 1.82) is 0 Å². The first-order chi connectivity index (χ1) is 13.1. The topological polar surface area (TPSA) is 68.9 Å². The Labute approximate surface area is 158 Å². The predicted molar refractivity (Wildman–Crippen MR) is 97.7 cm³/mol. The van der Waals surface area contributed by atoms with E-state index in [-0.39, 0.29) is 17.9 Å². The predicted octanol–water partition coefficient (Wildman–Crippen LogP) is 2.69. The number of amides is 1. The van der Waals surface area contributed by atoms with E-state index in [1.807, 2.05) is 31.2 Å². The number of nitrogens with zero attached hydrogens (tertiary/aromatic N) is 3. The summed E-state index contributed by atoms with van der Waals surface area (Å²) in [7, 11) is 1.41. The number of rotatable bonds is 4. The van der Waals surface area contributed by atoms with Gasteiger partial charge in [-0.3, -0.25) is 14.3 Å². The van der Waals surface area contributed by atoms with Crippen LogP contribution in [0.2, 0.25) is 0 Å². The first-order valence-electron chi connectivity index (χ1n) is 8.55. The molecule has 3 rings (SSSR count). The molecule has 0 unspecified atom stereocenters. The highest BCUT2D eigenvalue weighted by atomic mass is 19.4.